The maximum Gasteiger partial charge on any atom is 0.320 e. The van der Waals surface area contributed by atoms with Gasteiger partial charge in [0.05, 0.1) is 16.4 Å². The van der Waals surface area contributed by atoms with Crippen LogP contribution in [-0.2, 0) is 41.7 Å². The second-order valence-corrected chi connectivity index (χ2v) is 20.3. The monoisotopic (exact) mass is 908 g/mol. The number of carbonyl (C=O) groups excluding carboxylic acids is 3. The van der Waals surface area contributed by atoms with Crippen molar-refractivity contribution in [1.82, 2.24) is 5.32 Å². The molecule has 5 rings (SSSR count). The molecule has 5 aromatic rings. The van der Waals surface area contributed by atoms with Crippen molar-refractivity contribution in [3.05, 3.63) is 144 Å². The second-order valence-electron chi connectivity index (χ2n) is 17.9. The van der Waals surface area contributed by atoms with Crippen molar-refractivity contribution in [2.24, 2.45) is 5.41 Å². The molecule has 12 heteroatoms. The second kappa shape index (κ2) is 20.9. The van der Waals surface area contributed by atoms with Gasteiger partial charge in [-0.25, -0.2) is 8.42 Å². The molecule has 0 spiro atoms. The first-order valence-electron chi connectivity index (χ1n) is 21.7. The quantitative estimate of drug-likeness (QED) is 0.0398. The molecule has 0 saturated carbocycles. The van der Waals surface area contributed by atoms with E-state index in [1.807, 2.05) is 36.4 Å². The van der Waals surface area contributed by atoms with Gasteiger partial charge in [-0.2, -0.15) is 0 Å². The van der Waals surface area contributed by atoms with E-state index in [2.05, 4.69) is 64.3 Å². The van der Waals surface area contributed by atoms with Crippen LogP contribution in [0.4, 0.5) is 5.69 Å². The van der Waals surface area contributed by atoms with Gasteiger partial charge in [0.15, 0.2) is 0 Å². The molecule has 0 radical (unpaired) electrons. The van der Waals surface area contributed by atoms with Crippen molar-refractivity contribution >= 4 is 44.7 Å². The van der Waals surface area contributed by atoms with Gasteiger partial charge in [0.25, 0.3) is 5.91 Å². The molecule has 0 aliphatic heterocycles. The van der Waals surface area contributed by atoms with Crippen LogP contribution in [0.2, 0.25) is 0 Å². The third-order valence-electron chi connectivity index (χ3n) is 11.8. The Hall–Kier alpha value is -5.65. The van der Waals surface area contributed by atoms with Crippen LogP contribution in [0.3, 0.4) is 0 Å². The highest BCUT2D eigenvalue weighted by Crippen LogP contribution is 2.39. The van der Waals surface area contributed by atoms with E-state index in [0.29, 0.717) is 31.1 Å². The molecule has 0 fully saturated rings. The summed E-state index contributed by atoms with van der Waals surface area (Å²) in [7, 11) is -3.97. The van der Waals surface area contributed by atoms with E-state index in [1.165, 1.54) is 42.0 Å². The van der Waals surface area contributed by atoms with Crippen LogP contribution in [0.25, 0.3) is 0 Å². The minimum Gasteiger partial charge on any atom is -0.493 e. The van der Waals surface area contributed by atoms with Crippen LogP contribution >= 0.6 is 11.6 Å². The molecular weight excluding hydrogens is 848 g/mol. The highest BCUT2D eigenvalue weighted by atomic mass is 35.5. The molecular formula is C52H61ClN2O8S. The summed E-state index contributed by atoms with van der Waals surface area (Å²) in [5, 5.41) is 2.85. The number of halogens is 1. The van der Waals surface area contributed by atoms with Crippen LogP contribution < -0.4 is 24.8 Å². The third kappa shape index (κ3) is 12.3. The Balaban J connectivity index is 1.24. The standard InChI is InChI=1S/C52H61ClN2O8S/c1-9-49(3,4)38-23-32-45(44(34-38)50(5,6)10-2)61-33-17-22-46(56)54-36-51(7,8)47(57)52(53,48(58)55-39-20-15-12-16-21-39)63-41-26-30-43(31-27-41)64(59,60)42-28-24-40(25-29-42)62-35-37-18-13-11-14-19-37/h11-16,18-21,23-32,34H,9-10,17,22,33,35-36H2,1-8H3,(H,54,56)(H,55,58). The number of benzene rings is 5. The molecule has 0 saturated heterocycles. The molecule has 2 amide bonds. The van der Waals surface area contributed by atoms with Crippen molar-refractivity contribution in [1.29, 1.82) is 0 Å². The Morgan fingerprint density at radius 3 is 1.81 bits per heavy atom. The summed E-state index contributed by atoms with van der Waals surface area (Å²) >= 11 is 6.95. The Kier molecular flexibility index (Phi) is 16.1. The number of alkyl halides is 1. The van der Waals surface area contributed by atoms with E-state index >= 15 is 0 Å². The van der Waals surface area contributed by atoms with Crippen LogP contribution in [0.1, 0.15) is 97.8 Å². The van der Waals surface area contributed by atoms with E-state index in [-0.39, 0.29) is 45.2 Å². The number of amides is 2. The van der Waals surface area contributed by atoms with Crippen LogP contribution in [0.15, 0.2) is 137 Å². The fraction of sp³-hybridized carbons (Fsp3) is 0.365. The lowest BCUT2D eigenvalue weighted by atomic mass is 9.76. The van der Waals surface area contributed by atoms with Gasteiger partial charge in [0.1, 0.15) is 23.9 Å². The number of hydrogen-bond acceptors (Lipinski definition) is 8. The van der Waals surface area contributed by atoms with E-state index < -0.39 is 32.0 Å². The fourth-order valence-electron chi connectivity index (χ4n) is 6.71. The maximum absolute atomic E-state index is 14.4. The smallest absolute Gasteiger partial charge is 0.320 e. The average Bonchev–Trinajstić information content (AvgIpc) is 3.29. The predicted molar refractivity (Wildman–Crippen MR) is 253 cm³/mol. The topological polar surface area (TPSA) is 137 Å². The number of sulfone groups is 1. The van der Waals surface area contributed by atoms with Gasteiger partial charge in [-0.15, -0.1) is 0 Å². The summed E-state index contributed by atoms with van der Waals surface area (Å²) in [6, 6.07) is 35.8. The van der Waals surface area contributed by atoms with Crippen molar-refractivity contribution in [3.8, 4) is 17.2 Å². The number of carbonyl (C=O) groups is 3. The molecule has 0 aliphatic rings. The zero-order chi connectivity index (χ0) is 46.8. The number of nitrogens with one attached hydrogen (secondary N) is 2. The van der Waals surface area contributed by atoms with Gasteiger partial charge >= 0.3 is 5.06 Å². The van der Waals surface area contributed by atoms with Crippen molar-refractivity contribution < 1.29 is 37.0 Å². The molecule has 5 aromatic carbocycles. The van der Waals surface area contributed by atoms with Crippen molar-refractivity contribution in [2.45, 2.75) is 113 Å². The Bertz CT molecular complexity index is 2470. The number of anilines is 1. The average molecular weight is 910 g/mol. The number of Topliss-reactive ketones (excluding diaryl/α,β-unsaturated/α-hetero) is 1. The first kappa shape index (κ1) is 49.4. The van der Waals surface area contributed by atoms with Gasteiger partial charge in [0.2, 0.25) is 21.5 Å². The fourth-order valence-corrected chi connectivity index (χ4v) is 8.36. The molecule has 340 valence electrons. The van der Waals surface area contributed by atoms with Gasteiger partial charge in [-0.3, -0.25) is 14.4 Å². The Morgan fingerprint density at radius 1 is 0.672 bits per heavy atom. The molecule has 0 heterocycles. The molecule has 0 aliphatic carbocycles. The van der Waals surface area contributed by atoms with Crippen LogP contribution in [0.5, 0.6) is 17.2 Å². The molecule has 0 aromatic heterocycles. The van der Waals surface area contributed by atoms with E-state index in [4.69, 9.17) is 25.8 Å². The highest BCUT2D eigenvalue weighted by molar-refractivity contribution is 7.91. The number of hydrogen-bond donors (Lipinski definition) is 2. The lowest BCUT2D eigenvalue weighted by Crippen LogP contribution is -2.57. The van der Waals surface area contributed by atoms with E-state index in [9.17, 15) is 22.8 Å². The SMILES string of the molecule is CCC(C)(C)c1ccc(OCCCC(=O)NCC(C)(C)C(=O)C(Cl)(Oc2ccc(S(=O)(=O)c3ccc(OCc4ccccc4)cc3)cc2)C(=O)Nc2ccccc2)c(C(C)(C)CC)c1. The van der Waals surface area contributed by atoms with Gasteiger partial charge in [-0.05, 0) is 108 Å². The van der Waals surface area contributed by atoms with Gasteiger partial charge in [-0.1, -0.05) is 128 Å². The summed E-state index contributed by atoms with van der Waals surface area (Å²) in [5.74, 6) is -0.831. The molecule has 2 N–H and O–H groups in total. The maximum atomic E-state index is 14.4. The molecule has 64 heavy (non-hydrogen) atoms. The Labute approximate surface area is 384 Å². The van der Waals surface area contributed by atoms with Gasteiger partial charge in [0, 0.05) is 29.6 Å². The summed E-state index contributed by atoms with van der Waals surface area (Å²) in [6.07, 6.45) is 2.49. The normalized spacial score (nSPS) is 13.0. The minimum atomic E-state index is -3.97. The summed E-state index contributed by atoms with van der Waals surface area (Å²) < 4.78 is 45.3. The largest absolute Gasteiger partial charge is 0.493 e. The zero-order valence-electron chi connectivity index (χ0n) is 38.1. The molecule has 0 bridgehead atoms. The van der Waals surface area contributed by atoms with E-state index in [0.717, 1.165) is 29.7 Å². The molecule has 1 atom stereocenters. The predicted octanol–water partition coefficient (Wildman–Crippen LogP) is 11.0. The number of rotatable bonds is 22. The summed E-state index contributed by atoms with van der Waals surface area (Å²) in [6.45, 7) is 16.8. The highest BCUT2D eigenvalue weighted by Gasteiger charge is 2.53. The van der Waals surface area contributed by atoms with Crippen LogP contribution in [-0.4, -0.2) is 44.2 Å². The van der Waals surface area contributed by atoms with Crippen molar-refractivity contribution in [2.75, 3.05) is 18.5 Å². The lowest BCUT2D eigenvalue weighted by Gasteiger charge is -2.33. The molecule has 1 unspecified atom stereocenters. The molecule has 10 nitrogen and oxygen atoms in total. The lowest BCUT2D eigenvalue weighted by molar-refractivity contribution is -0.144. The minimum absolute atomic E-state index is 0.0248. The summed E-state index contributed by atoms with van der Waals surface area (Å²) in [4.78, 5) is 41.4. The first-order valence-corrected chi connectivity index (χ1v) is 23.5. The van der Waals surface area contributed by atoms with Crippen molar-refractivity contribution in [3.63, 3.8) is 0 Å². The third-order valence-corrected chi connectivity index (χ3v) is 14.0. The zero-order valence-corrected chi connectivity index (χ0v) is 39.7. The van der Waals surface area contributed by atoms with Gasteiger partial charge < -0.3 is 24.8 Å². The number of para-hydroxylation sites is 1. The Morgan fingerprint density at radius 2 is 1.23 bits per heavy atom. The number of ether oxygens (including phenoxy) is 3. The summed E-state index contributed by atoms with van der Waals surface area (Å²) in [5.41, 5.74) is 2.24. The van der Waals surface area contributed by atoms with E-state index in [1.54, 1.807) is 56.3 Å². The number of ketones is 1. The van der Waals surface area contributed by atoms with Crippen LogP contribution in [0, 0.1) is 5.41 Å². The first-order chi connectivity index (χ1) is 30.2.